The van der Waals surface area contributed by atoms with Gasteiger partial charge in [0.25, 0.3) is 0 Å². The van der Waals surface area contributed by atoms with Crippen LogP contribution in [-0.4, -0.2) is 36.2 Å². The number of aliphatic hydroxyl groups is 1. The summed E-state index contributed by atoms with van der Waals surface area (Å²) in [4.78, 5) is 2.37. The van der Waals surface area contributed by atoms with E-state index in [0.717, 1.165) is 19.5 Å². The van der Waals surface area contributed by atoms with Crippen molar-refractivity contribution < 1.29 is 5.11 Å². The first-order chi connectivity index (χ1) is 7.85. The van der Waals surface area contributed by atoms with Crippen LogP contribution in [0.25, 0.3) is 0 Å². The first-order valence-electron chi connectivity index (χ1n) is 5.95. The zero-order valence-corrected chi connectivity index (χ0v) is 9.82. The fourth-order valence-corrected chi connectivity index (χ4v) is 2.43. The summed E-state index contributed by atoms with van der Waals surface area (Å²) in [6.07, 6.45) is 2.32. The average molecular weight is 220 g/mol. The van der Waals surface area contributed by atoms with Crippen molar-refractivity contribution >= 4 is 5.69 Å². The van der Waals surface area contributed by atoms with Crippen LogP contribution in [0, 0.1) is 0 Å². The first-order valence-corrected chi connectivity index (χ1v) is 5.95. The van der Waals surface area contributed by atoms with E-state index in [4.69, 9.17) is 0 Å². The van der Waals surface area contributed by atoms with Crippen molar-refractivity contribution in [3.8, 4) is 0 Å². The number of nitrogens with one attached hydrogen (secondary N) is 1. The molecule has 1 fully saturated rings. The Kier molecular flexibility index (Phi) is 3.80. The highest BCUT2D eigenvalue weighted by Crippen LogP contribution is 2.23. The molecule has 1 aliphatic heterocycles. The van der Waals surface area contributed by atoms with Crippen molar-refractivity contribution in [3.63, 3.8) is 0 Å². The SMILES string of the molecule is CNc1ccccc1CN1CCC[C@@H]1CO. The highest BCUT2D eigenvalue weighted by Gasteiger charge is 2.23. The Balaban J connectivity index is 2.08. The molecule has 1 saturated heterocycles. The fraction of sp³-hybridized carbons (Fsp3) is 0.538. The van der Waals surface area contributed by atoms with Gasteiger partial charge in [-0.3, -0.25) is 4.90 Å². The highest BCUT2D eigenvalue weighted by molar-refractivity contribution is 5.50. The highest BCUT2D eigenvalue weighted by atomic mass is 16.3. The minimum Gasteiger partial charge on any atom is -0.395 e. The molecule has 88 valence electrons. The summed E-state index contributed by atoms with van der Waals surface area (Å²) in [5.41, 5.74) is 2.50. The van der Waals surface area contributed by atoms with Gasteiger partial charge in [-0.1, -0.05) is 18.2 Å². The van der Waals surface area contributed by atoms with Crippen LogP contribution in [0.5, 0.6) is 0 Å². The van der Waals surface area contributed by atoms with E-state index in [0.29, 0.717) is 6.04 Å². The van der Waals surface area contributed by atoms with Crippen LogP contribution in [0.2, 0.25) is 0 Å². The van der Waals surface area contributed by atoms with Crippen molar-refractivity contribution in [2.75, 3.05) is 25.5 Å². The van der Waals surface area contributed by atoms with E-state index in [9.17, 15) is 5.11 Å². The van der Waals surface area contributed by atoms with Crippen LogP contribution >= 0.6 is 0 Å². The number of hydrogen-bond acceptors (Lipinski definition) is 3. The van der Waals surface area contributed by atoms with Crippen LogP contribution in [0.1, 0.15) is 18.4 Å². The Labute approximate surface area is 97.1 Å². The summed E-state index contributed by atoms with van der Waals surface area (Å²) in [5, 5.41) is 12.5. The molecule has 2 N–H and O–H groups in total. The molecule has 2 rings (SSSR count). The van der Waals surface area contributed by atoms with E-state index in [2.05, 4.69) is 28.4 Å². The zero-order valence-electron chi connectivity index (χ0n) is 9.82. The number of para-hydroxylation sites is 1. The average Bonchev–Trinajstić information content (AvgIpc) is 2.77. The zero-order chi connectivity index (χ0) is 11.4. The van der Waals surface area contributed by atoms with Gasteiger partial charge < -0.3 is 10.4 Å². The molecule has 0 radical (unpaired) electrons. The lowest BCUT2D eigenvalue weighted by Gasteiger charge is -2.23. The predicted molar refractivity (Wildman–Crippen MR) is 66.5 cm³/mol. The first kappa shape index (κ1) is 11.4. The lowest BCUT2D eigenvalue weighted by atomic mass is 10.1. The van der Waals surface area contributed by atoms with Gasteiger partial charge in [0.1, 0.15) is 0 Å². The van der Waals surface area contributed by atoms with Gasteiger partial charge in [0.2, 0.25) is 0 Å². The van der Waals surface area contributed by atoms with Gasteiger partial charge in [-0.25, -0.2) is 0 Å². The molecular weight excluding hydrogens is 200 g/mol. The van der Waals surface area contributed by atoms with Crippen molar-refractivity contribution in [2.24, 2.45) is 0 Å². The molecule has 0 spiro atoms. The molecule has 16 heavy (non-hydrogen) atoms. The van der Waals surface area contributed by atoms with E-state index < -0.39 is 0 Å². The molecule has 0 amide bonds. The maximum absolute atomic E-state index is 9.28. The fourth-order valence-electron chi connectivity index (χ4n) is 2.43. The van der Waals surface area contributed by atoms with Gasteiger partial charge in [0.05, 0.1) is 6.61 Å². The molecule has 1 aromatic rings. The van der Waals surface area contributed by atoms with Gasteiger partial charge in [0.15, 0.2) is 0 Å². The van der Waals surface area contributed by atoms with Crippen molar-refractivity contribution in [1.82, 2.24) is 4.90 Å². The summed E-state index contributed by atoms with van der Waals surface area (Å²) >= 11 is 0. The predicted octanol–water partition coefficient (Wildman–Crippen LogP) is 1.68. The van der Waals surface area contributed by atoms with E-state index in [1.165, 1.54) is 17.7 Å². The minimum absolute atomic E-state index is 0.279. The molecule has 1 aromatic carbocycles. The monoisotopic (exact) mass is 220 g/mol. The molecule has 1 heterocycles. The van der Waals surface area contributed by atoms with E-state index in [-0.39, 0.29) is 6.61 Å². The topological polar surface area (TPSA) is 35.5 Å². The Hall–Kier alpha value is -1.06. The molecule has 0 bridgehead atoms. The van der Waals surface area contributed by atoms with Gasteiger partial charge in [-0.05, 0) is 31.0 Å². The molecule has 0 saturated carbocycles. The van der Waals surface area contributed by atoms with E-state index in [1.807, 2.05) is 13.1 Å². The second-order valence-corrected chi connectivity index (χ2v) is 4.36. The normalized spacial score (nSPS) is 21.2. The molecule has 0 unspecified atom stereocenters. The summed E-state index contributed by atoms with van der Waals surface area (Å²) in [6, 6.07) is 8.71. The molecule has 1 aliphatic rings. The maximum atomic E-state index is 9.28. The molecule has 3 nitrogen and oxygen atoms in total. The second-order valence-electron chi connectivity index (χ2n) is 4.36. The summed E-state index contributed by atoms with van der Waals surface area (Å²) in [6.45, 7) is 2.31. The number of nitrogens with zero attached hydrogens (tertiary/aromatic N) is 1. The van der Waals surface area contributed by atoms with Gasteiger partial charge >= 0.3 is 0 Å². The van der Waals surface area contributed by atoms with E-state index in [1.54, 1.807) is 0 Å². The molecule has 3 heteroatoms. The van der Waals surface area contributed by atoms with Crippen LogP contribution in [0.3, 0.4) is 0 Å². The Morgan fingerprint density at radius 3 is 3.00 bits per heavy atom. The third-order valence-corrected chi connectivity index (χ3v) is 3.37. The van der Waals surface area contributed by atoms with Crippen LogP contribution in [-0.2, 0) is 6.54 Å². The second kappa shape index (κ2) is 5.32. The van der Waals surface area contributed by atoms with Gasteiger partial charge in [0, 0.05) is 25.3 Å². The number of aliphatic hydroxyl groups excluding tert-OH is 1. The largest absolute Gasteiger partial charge is 0.395 e. The Morgan fingerprint density at radius 1 is 1.44 bits per heavy atom. The third-order valence-electron chi connectivity index (χ3n) is 3.37. The quantitative estimate of drug-likeness (QED) is 0.810. The Morgan fingerprint density at radius 2 is 2.25 bits per heavy atom. The lowest BCUT2D eigenvalue weighted by molar-refractivity contribution is 0.154. The molecular formula is C13H20N2O. The molecule has 0 aliphatic carbocycles. The van der Waals surface area contributed by atoms with Crippen molar-refractivity contribution in [3.05, 3.63) is 29.8 Å². The minimum atomic E-state index is 0.279. The number of benzene rings is 1. The van der Waals surface area contributed by atoms with Gasteiger partial charge in [-0.15, -0.1) is 0 Å². The molecule has 0 aromatic heterocycles. The smallest absolute Gasteiger partial charge is 0.0587 e. The van der Waals surface area contributed by atoms with Crippen molar-refractivity contribution in [1.29, 1.82) is 0 Å². The Bertz CT molecular complexity index is 340. The number of rotatable bonds is 4. The number of hydrogen-bond donors (Lipinski definition) is 2. The summed E-state index contributed by atoms with van der Waals surface area (Å²) < 4.78 is 0. The lowest BCUT2D eigenvalue weighted by Crippen LogP contribution is -2.31. The van der Waals surface area contributed by atoms with Gasteiger partial charge in [-0.2, -0.15) is 0 Å². The van der Waals surface area contributed by atoms with Crippen molar-refractivity contribution in [2.45, 2.75) is 25.4 Å². The molecule has 1 atom stereocenters. The van der Waals surface area contributed by atoms with Crippen LogP contribution < -0.4 is 5.32 Å². The third kappa shape index (κ3) is 2.36. The van der Waals surface area contributed by atoms with Crippen LogP contribution in [0.4, 0.5) is 5.69 Å². The summed E-state index contributed by atoms with van der Waals surface area (Å²) in [5.74, 6) is 0. The van der Waals surface area contributed by atoms with Crippen LogP contribution in [0.15, 0.2) is 24.3 Å². The maximum Gasteiger partial charge on any atom is 0.0587 e. The summed E-state index contributed by atoms with van der Waals surface area (Å²) in [7, 11) is 1.95. The standard InChI is InChI=1S/C13H20N2O/c1-14-13-7-3-2-5-11(13)9-15-8-4-6-12(15)10-16/h2-3,5,7,12,14,16H,4,6,8-10H2,1H3/t12-/m1/s1. The number of anilines is 1. The van der Waals surface area contributed by atoms with E-state index >= 15 is 0 Å². The number of likely N-dealkylation sites (tertiary alicyclic amines) is 1.